The lowest BCUT2D eigenvalue weighted by Crippen LogP contribution is -2.00. The standard InChI is InChI=1S/C13H15BrN2/c1-10-5-3-4-6-11(10)7-8-12-13(14)15-9-16(12)2/h3-6,9H,7-8H2,1-2H3. The van der Waals surface area contributed by atoms with Gasteiger partial charge in [0, 0.05) is 7.05 Å². The molecule has 84 valence electrons. The van der Waals surface area contributed by atoms with Crippen molar-refractivity contribution < 1.29 is 0 Å². The number of aromatic nitrogens is 2. The number of benzene rings is 1. The van der Waals surface area contributed by atoms with E-state index < -0.39 is 0 Å². The highest BCUT2D eigenvalue weighted by Gasteiger charge is 2.06. The summed E-state index contributed by atoms with van der Waals surface area (Å²) in [5, 5.41) is 0. The summed E-state index contributed by atoms with van der Waals surface area (Å²) in [6.07, 6.45) is 3.92. The number of aryl methyl sites for hydroxylation is 3. The molecule has 0 fully saturated rings. The molecule has 1 heterocycles. The first kappa shape index (κ1) is 11.4. The van der Waals surface area contributed by atoms with Gasteiger partial charge in [-0.2, -0.15) is 0 Å². The summed E-state index contributed by atoms with van der Waals surface area (Å²) in [6.45, 7) is 2.16. The fourth-order valence-electron chi connectivity index (χ4n) is 1.85. The smallest absolute Gasteiger partial charge is 0.127 e. The molecular weight excluding hydrogens is 264 g/mol. The first-order valence-corrected chi connectivity index (χ1v) is 6.18. The van der Waals surface area contributed by atoms with Gasteiger partial charge in [-0.3, -0.25) is 0 Å². The lowest BCUT2D eigenvalue weighted by molar-refractivity contribution is 0.793. The number of rotatable bonds is 3. The molecule has 2 aromatic rings. The molecular formula is C13H15BrN2. The third kappa shape index (κ3) is 2.35. The van der Waals surface area contributed by atoms with Crippen LogP contribution >= 0.6 is 15.9 Å². The molecule has 2 nitrogen and oxygen atoms in total. The van der Waals surface area contributed by atoms with Crippen LogP contribution in [0.25, 0.3) is 0 Å². The number of hydrogen-bond acceptors (Lipinski definition) is 1. The zero-order chi connectivity index (χ0) is 11.5. The highest BCUT2D eigenvalue weighted by atomic mass is 79.9. The van der Waals surface area contributed by atoms with Crippen LogP contribution in [0.15, 0.2) is 35.2 Å². The molecule has 0 unspecified atom stereocenters. The molecule has 0 spiro atoms. The zero-order valence-corrected chi connectivity index (χ0v) is 11.2. The Morgan fingerprint density at radius 2 is 2.00 bits per heavy atom. The van der Waals surface area contributed by atoms with Gasteiger partial charge in [0.15, 0.2) is 0 Å². The summed E-state index contributed by atoms with van der Waals surface area (Å²) in [7, 11) is 2.03. The van der Waals surface area contributed by atoms with Crippen LogP contribution in [0.2, 0.25) is 0 Å². The normalized spacial score (nSPS) is 10.7. The molecule has 16 heavy (non-hydrogen) atoms. The Kier molecular flexibility index (Phi) is 3.44. The highest BCUT2D eigenvalue weighted by Crippen LogP contribution is 2.17. The first-order chi connectivity index (χ1) is 7.68. The van der Waals surface area contributed by atoms with Crippen LogP contribution in [-0.4, -0.2) is 9.55 Å². The summed E-state index contributed by atoms with van der Waals surface area (Å²) >= 11 is 3.48. The summed E-state index contributed by atoms with van der Waals surface area (Å²) in [5.74, 6) is 0. The Bertz CT molecular complexity index is 469. The fraction of sp³-hybridized carbons (Fsp3) is 0.308. The van der Waals surface area contributed by atoms with E-state index in [-0.39, 0.29) is 0 Å². The summed E-state index contributed by atoms with van der Waals surface area (Å²) in [6, 6.07) is 8.53. The van der Waals surface area contributed by atoms with Crippen LogP contribution in [0.4, 0.5) is 0 Å². The molecule has 0 aliphatic carbocycles. The predicted molar refractivity (Wildman–Crippen MR) is 69.5 cm³/mol. The average Bonchev–Trinajstić information content (AvgIpc) is 2.58. The van der Waals surface area contributed by atoms with Gasteiger partial charge in [0.2, 0.25) is 0 Å². The molecule has 0 amide bonds. The molecule has 2 rings (SSSR count). The SMILES string of the molecule is Cc1ccccc1CCc1c(Br)ncn1C. The quantitative estimate of drug-likeness (QED) is 0.843. The molecule has 0 bridgehead atoms. The van der Waals surface area contributed by atoms with Crippen LogP contribution in [0.1, 0.15) is 16.8 Å². The molecule has 0 N–H and O–H groups in total. The predicted octanol–water partition coefficient (Wildman–Crippen LogP) is 3.28. The van der Waals surface area contributed by atoms with Crippen molar-refractivity contribution in [3.8, 4) is 0 Å². The molecule has 0 radical (unpaired) electrons. The van der Waals surface area contributed by atoms with E-state index in [2.05, 4.69) is 56.7 Å². The maximum Gasteiger partial charge on any atom is 0.127 e. The molecule has 0 aliphatic heterocycles. The minimum absolute atomic E-state index is 0.962. The molecule has 0 saturated carbocycles. The molecule has 0 atom stereocenters. The van der Waals surface area contributed by atoms with Crippen LogP contribution in [0.5, 0.6) is 0 Å². The van der Waals surface area contributed by atoms with E-state index in [0.717, 1.165) is 17.4 Å². The van der Waals surface area contributed by atoms with Crippen molar-refractivity contribution in [1.29, 1.82) is 0 Å². The van der Waals surface area contributed by atoms with Gasteiger partial charge in [-0.1, -0.05) is 24.3 Å². The van der Waals surface area contributed by atoms with Gasteiger partial charge >= 0.3 is 0 Å². The van der Waals surface area contributed by atoms with Gasteiger partial charge in [-0.05, 0) is 46.8 Å². The van der Waals surface area contributed by atoms with E-state index in [1.165, 1.54) is 16.8 Å². The second kappa shape index (κ2) is 4.83. The maximum absolute atomic E-state index is 4.23. The number of imidazole rings is 1. The Labute approximate surface area is 104 Å². The Morgan fingerprint density at radius 1 is 1.25 bits per heavy atom. The van der Waals surface area contributed by atoms with Gasteiger partial charge in [0.1, 0.15) is 4.60 Å². The van der Waals surface area contributed by atoms with Crippen molar-refractivity contribution in [3.05, 3.63) is 52.0 Å². The number of nitrogens with zero attached hydrogens (tertiary/aromatic N) is 2. The lowest BCUT2D eigenvalue weighted by Gasteiger charge is -2.06. The van der Waals surface area contributed by atoms with Gasteiger partial charge in [-0.25, -0.2) is 4.98 Å². The van der Waals surface area contributed by atoms with Gasteiger partial charge < -0.3 is 4.57 Å². The first-order valence-electron chi connectivity index (χ1n) is 5.38. The Balaban J connectivity index is 2.11. The third-order valence-corrected chi connectivity index (χ3v) is 3.56. The topological polar surface area (TPSA) is 17.8 Å². The van der Waals surface area contributed by atoms with Crippen molar-refractivity contribution in [3.63, 3.8) is 0 Å². The number of halogens is 1. The van der Waals surface area contributed by atoms with Crippen molar-refractivity contribution in [2.75, 3.05) is 0 Å². The monoisotopic (exact) mass is 278 g/mol. The van der Waals surface area contributed by atoms with E-state index in [4.69, 9.17) is 0 Å². The second-order valence-electron chi connectivity index (χ2n) is 4.02. The van der Waals surface area contributed by atoms with E-state index in [0.29, 0.717) is 0 Å². The molecule has 3 heteroatoms. The molecule has 1 aromatic heterocycles. The Hall–Kier alpha value is -1.09. The number of hydrogen-bond donors (Lipinski definition) is 0. The largest absolute Gasteiger partial charge is 0.337 e. The average molecular weight is 279 g/mol. The van der Waals surface area contributed by atoms with Crippen LogP contribution < -0.4 is 0 Å². The summed E-state index contributed by atoms with van der Waals surface area (Å²) < 4.78 is 3.03. The van der Waals surface area contributed by atoms with Crippen molar-refractivity contribution in [2.45, 2.75) is 19.8 Å². The van der Waals surface area contributed by atoms with Crippen molar-refractivity contribution in [1.82, 2.24) is 9.55 Å². The van der Waals surface area contributed by atoms with Crippen LogP contribution in [0, 0.1) is 6.92 Å². The van der Waals surface area contributed by atoms with E-state index >= 15 is 0 Å². The molecule has 0 saturated heterocycles. The van der Waals surface area contributed by atoms with Crippen molar-refractivity contribution in [2.24, 2.45) is 7.05 Å². The molecule has 1 aromatic carbocycles. The van der Waals surface area contributed by atoms with Crippen molar-refractivity contribution >= 4 is 15.9 Å². The summed E-state index contributed by atoms with van der Waals surface area (Å²) in [4.78, 5) is 4.23. The fourth-order valence-corrected chi connectivity index (χ4v) is 2.42. The van der Waals surface area contributed by atoms with E-state index in [1.807, 2.05) is 13.4 Å². The molecule has 0 aliphatic rings. The van der Waals surface area contributed by atoms with Gasteiger partial charge in [0.05, 0.1) is 12.0 Å². The Morgan fingerprint density at radius 3 is 2.62 bits per heavy atom. The van der Waals surface area contributed by atoms with E-state index in [1.54, 1.807) is 0 Å². The minimum atomic E-state index is 0.962. The van der Waals surface area contributed by atoms with Crippen LogP contribution in [0.3, 0.4) is 0 Å². The zero-order valence-electron chi connectivity index (χ0n) is 9.57. The van der Waals surface area contributed by atoms with Gasteiger partial charge in [0.25, 0.3) is 0 Å². The second-order valence-corrected chi connectivity index (χ2v) is 4.77. The highest BCUT2D eigenvalue weighted by molar-refractivity contribution is 9.10. The van der Waals surface area contributed by atoms with Gasteiger partial charge in [-0.15, -0.1) is 0 Å². The minimum Gasteiger partial charge on any atom is -0.337 e. The maximum atomic E-state index is 4.23. The van der Waals surface area contributed by atoms with E-state index in [9.17, 15) is 0 Å². The van der Waals surface area contributed by atoms with Crippen LogP contribution in [-0.2, 0) is 19.9 Å². The third-order valence-electron chi connectivity index (χ3n) is 2.90. The summed E-state index contributed by atoms with van der Waals surface area (Å²) in [5.41, 5.74) is 4.03. The lowest BCUT2D eigenvalue weighted by atomic mass is 10.0.